The van der Waals surface area contributed by atoms with E-state index in [1.165, 1.54) is 13.8 Å². The zero-order valence-corrected chi connectivity index (χ0v) is 22.1. The molecular weight excluding hydrogens is 436 g/mol. The van der Waals surface area contributed by atoms with Gasteiger partial charge < -0.3 is 24.4 Å². The van der Waals surface area contributed by atoms with Crippen LogP contribution in [0.2, 0.25) is 0 Å². The van der Waals surface area contributed by atoms with Crippen molar-refractivity contribution >= 4 is 11.9 Å². The molecular formula is C27H42O7. The van der Waals surface area contributed by atoms with E-state index in [1.54, 1.807) is 0 Å². The number of rotatable bonds is 2. The molecule has 0 aromatic heterocycles. The van der Waals surface area contributed by atoms with Crippen molar-refractivity contribution in [1.29, 1.82) is 0 Å². The monoisotopic (exact) mass is 478 g/mol. The Hall–Kier alpha value is -1.44. The van der Waals surface area contributed by atoms with Crippen LogP contribution in [-0.2, 0) is 23.8 Å². The highest BCUT2D eigenvalue weighted by Gasteiger charge is 2.72. The molecule has 0 unspecified atom stereocenters. The van der Waals surface area contributed by atoms with Crippen molar-refractivity contribution in [2.45, 2.75) is 105 Å². The van der Waals surface area contributed by atoms with Gasteiger partial charge >= 0.3 is 11.9 Å². The maximum Gasteiger partial charge on any atom is 0.303 e. The number of carbonyl (C=O) groups excluding carboxylic acids is 2. The molecule has 10 atom stereocenters. The van der Waals surface area contributed by atoms with Gasteiger partial charge in [0.1, 0.15) is 12.2 Å². The lowest BCUT2D eigenvalue weighted by Crippen LogP contribution is -2.74. The molecule has 0 amide bonds. The first-order chi connectivity index (χ1) is 15.5. The van der Waals surface area contributed by atoms with E-state index < -0.39 is 46.7 Å². The Morgan fingerprint density at radius 2 is 1.65 bits per heavy atom. The standard InChI is InChI=1S/C27H42O7/c1-13-10-19-25(8,12-32-19)22-15(3)27(31)11-18(33-16(4)28)14(2)20(24(27,6)7)21(34-17(5)29)23(30)26(13,22)9/h13,15,18-19,21-23,30-31H,10-12H2,1-9H3/t13-,15-,18-,19+,21+,22+,23-,25+,26+,27+/m0/s1. The van der Waals surface area contributed by atoms with E-state index in [9.17, 15) is 19.8 Å². The van der Waals surface area contributed by atoms with Crippen molar-refractivity contribution in [3.63, 3.8) is 0 Å². The van der Waals surface area contributed by atoms with Crippen LogP contribution in [-0.4, -0.2) is 58.8 Å². The minimum absolute atomic E-state index is 0.0538. The first kappa shape index (κ1) is 25.6. The summed E-state index contributed by atoms with van der Waals surface area (Å²) in [6.07, 6.45) is -1.51. The third kappa shape index (κ3) is 3.12. The third-order valence-corrected chi connectivity index (χ3v) is 10.6. The summed E-state index contributed by atoms with van der Waals surface area (Å²) < 4.78 is 17.6. The van der Waals surface area contributed by atoms with E-state index in [0.717, 1.165) is 12.0 Å². The molecule has 3 aliphatic carbocycles. The third-order valence-electron chi connectivity index (χ3n) is 10.6. The van der Waals surface area contributed by atoms with Crippen molar-refractivity contribution in [3.05, 3.63) is 11.1 Å². The molecule has 4 rings (SSSR count). The number of aliphatic hydroxyl groups excluding tert-OH is 1. The van der Waals surface area contributed by atoms with Gasteiger partial charge in [0.2, 0.25) is 0 Å². The number of ether oxygens (including phenoxy) is 3. The first-order valence-electron chi connectivity index (χ1n) is 12.6. The molecule has 2 saturated carbocycles. The van der Waals surface area contributed by atoms with Gasteiger partial charge in [-0.05, 0) is 42.2 Å². The first-order valence-corrected chi connectivity index (χ1v) is 12.6. The Bertz CT molecular complexity index is 924. The molecule has 2 bridgehead atoms. The van der Waals surface area contributed by atoms with Gasteiger partial charge in [-0.2, -0.15) is 0 Å². The molecule has 1 heterocycles. The van der Waals surface area contributed by atoms with Gasteiger partial charge in [0, 0.05) is 36.5 Å². The number of hydrogen-bond acceptors (Lipinski definition) is 7. The summed E-state index contributed by atoms with van der Waals surface area (Å²) in [5.74, 6) is -1.22. The van der Waals surface area contributed by atoms with E-state index >= 15 is 0 Å². The van der Waals surface area contributed by atoms with Crippen LogP contribution in [0.25, 0.3) is 0 Å². The molecule has 4 aliphatic rings. The largest absolute Gasteiger partial charge is 0.458 e. The summed E-state index contributed by atoms with van der Waals surface area (Å²) in [6.45, 7) is 17.5. The summed E-state index contributed by atoms with van der Waals surface area (Å²) in [6, 6.07) is 0. The smallest absolute Gasteiger partial charge is 0.303 e. The van der Waals surface area contributed by atoms with E-state index in [0.29, 0.717) is 12.2 Å². The lowest BCUT2D eigenvalue weighted by atomic mass is 9.39. The molecule has 0 aromatic rings. The van der Waals surface area contributed by atoms with Crippen LogP contribution >= 0.6 is 0 Å². The van der Waals surface area contributed by atoms with Crippen LogP contribution in [0.3, 0.4) is 0 Å². The Labute approximate surface area is 203 Å². The molecule has 0 aromatic carbocycles. The maximum absolute atomic E-state index is 12.6. The fraction of sp³-hybridized carbons (Fsp3) is 0.852. The van der Waals surface area contributed by atoms with Gasteiger partial charge in [-0.15, -0.1) is 0 Å². The average Bonchev–Trinajstić information content (AvgIpc) is 2.71. The second-order valence-electron chi connectivity index (χ2n) is 12.5. The van der Waals surface area contributed by atoms with E-state index in [2.05, 4.69) is 27.7 Å². The van der Waals surface area contributed by atoms with Crippen LogP contribution in [0.15, 0.2) is 11.1 Å². The van der Waals surface area contributed by atoms with Crippen LogP contribution in [0.1, 0.15) is 75.2 Å². The number of esters is 2. The molecule has 1 aliphatic heterocycles. The van der Waals surface area contributed by atoms with E-state index in [1.807, 2.05) is 20.8 Å². The van der Waals surface area contributed by atoms with Gasteiger partial charge in [0.15, 0.2) is 6.10 Å². The summed E-state index contributed by atoms with van der Waals surface area (Å²) in [5.41, 5.74) is -1.59. The van der Waals surface area contributed by atoms with Crippen molar-refractivity contribution in [1.82, 2.24) is 0 Å². The molecule has 2 N–H and O–H groups in total. The summed E-state index contributed by atoms with van der Waals surface area (Å²) in [5, 5.41) is 24.8. The highest BCUT2D eigenvalue weighted by molar-refractivity contribution is 5.67. The zero-order valence-electron chi connectivity index (χ0n) is 22.1. The predicted molar refractivity (Wildman–Crippen MR) is 126 cm³/mol. The predicted octanol–water partition coefficient (Wildman–Crippen LogP) is 3.41. The number of aliphatic hydroxyl groups is 2. The van der Waals surface area contributed by atoms with E-state index in [-0.39, 0.29) is 35.7 Å². The van der Waals surface area contributed by atoms with Crippen LogP contribution in [0.4, 0.5) is 0 Å². The van der Waals surface area contributed by atoms with Crippen LogP contribution < -0.4 is 0 Å². The molecule has 0 radical (unpaired) electrons. The Kier molecular flexibility index (Phi) is 5.87. The second kappa shape index (κ2) is 7.78. The molecule has 7 nitrogen and oxygen atoms in total. The quantitative estimate of drug-likeness (QED) is 0.463. The van der Waals surface area contributed by atoms with Gasteiger partial charge in [-0.25, -0.2) is 0 Å². The minimum Gasteiger partial charge on any atom is -0.458 e. The van der Waals surface area contributed by atoms with Gasteiger partial charge in [0.05, 0.1) is 18.3 Å². The SMILES string of the molecule is CC(=O)O[C@H]1C[C@@]2(O)[C@@H](C)[C@@H]3[C@]4(C)CO[C@@H]4C[C@H](C)[C@@]3(C)[C@@H](O)[C@H](OC(C)=O)C(=C1C)C2(C)C. The molecule has 0 spiro atoms. The highest BCUT2D eigenvalue weighted by atomic mass is 16.6. The number of carbonyl (C=O) groups is 2. The molecule has 1 saturated heterocycles. The van der Waals surface area contributed by atoms with Gasteiger partial charge in [-0.3, -0.25) is 9.59 Å². The van der Waals surface area contributed by atoms with Crippen LogP contribution in [0.5, 0.6) is 0 Å². The van der Waals surface area contributed by atoms with Crippen molar-refractivity contribution in [2.24, 2.45) is 34.0 Å². The van der Waals surface area contributed by atoms with Crippen molar-refractivity contribution in [2.75, 3.05) is 6.61 Å². The van der Waals surface area contributed by atoms with Gasteiger partial charge in [0.25, 0.3) is 0 Å². The van der Waals surface area contributed by atoms with Gasteiger partial charge in [-0.1, -0.05) is 41.5 Å². The topological polar surface area (TPSA) is 102 Å². The summed E-state index contributed by atoms with van der Waals surface area (Å²) >= 11 is 0. The maximum atomic E-state index is 12.6. The lowest BCUT2D eigenvalue weighted by Gasteiger charge is -2.70. The highest BCUT2D eigenvalue weighted by Crippen LogP contribution is 2.69. The fourth-order valence-corrected chi connectivity index (χ4v) is 8.59. The Morgan fingerprint density at radius 3 is 2.15 bits per heavy atom. The zero-order chi connectivity index (χ0) is 25.6. The summed E-state index contributed by atoms with van der Waals surface area (Å²) in [4.78, 5) is 24.4. The lowest BCUT2D eigenvalue weighted by molar-refractivity contribution is -0.319. The molecule has 3 fully saturated rings. The average molecular weight is 479 g/mol. The Morgan fingerprint density at radius 1 is 1.06 bits per heavy atom. The molecule has 7 heteroatoms. The summed E-state index contributed by atoms with van der Waals surface area (Å²) in [7, 11) is 0. The molecule has 192 valence electrons. The van der Waals surface area contributed by atoms with Crippen molar-refractivity contribution in [3.8, 4) is 0 Å². The van der Waals surface area contributed by atoms with Crippen molar-refractivity contribution < 1.29 is 34.0 Å². The minimum atomic E-state index is -1.27. The number of fused-ring (bicyclic) bond motifs is 5. The Balaban J connectivity index is 2.03. The second-order valence-corrected chi connectivity index (χ2v) is 12.5. The number of hydrogen-bond donors (Lipinski definition) is 2. The molecule has 34 heavy (non-hydrogen) atoms. The fourth-order valence-electron chi connectivity index (χ4n) is 8.59. The van der Waals surface area contributed by atoms with Crippen LogP contribution in [0, 0.1) is 34.0 Å². The van der Waals surface area contributed by atoms with E-state index in [4.69, 9.17) is 14.2 Å². The normalized spacial score (nSPS) is 49.6.